The van der Waals surface area contributed by atoms with Gasteiger partial charge in [-0.25, -0.2) is 0 Å². The average molecular weight is 193 g/mol. The van der Waals surface area contributed by atoms with Gasteiger partial charge in [0.2, 0.25) is 0 Å². The van der Waals surface area contributed by atoms with Crippen LogP contribution < -0.4 is 0 Å². The summed E-state index contributed by atoms with van der Waals surface area (Å²) in [6.07, 6.45) is 17.3. The minimum atomic E-state index is 0.905. The monoisotopic (exact) mass is 193 g/mol. The van der Waals surface area contributed by atoms with E-state index >= 15 is 0 Å². The Morgan fingerprint density at radius 3 is 2.69 bits per heavy atom. The van der Waals surface area contributed by atoms with Crippen LogP contribution in [0.3, 0.4) is 0 Å². The third kappa shape index (κ3) is 2.91. The molecule has 0 bridgehead atoms. The van der Waals surface area contributed by atoms with E-state index in [1.807, 2.05) is 0 Å². The summed E-state index contributed by atoms with van der Waals surface area (Å²) in [4.78, 5) is 1.49. The molecule has 0 aromatic carbocycles. The highest BCUT2D eigenvalue weighted by Gasteiger charge is 2.15. The summed E-state index contributed by atoms with van der Waals surface area (Å²) in [6.45, 7) is 0. The van der Waals surface area contributed by atoms with E-state index in [1.54, 1.807) is 0 Å². The number of hydrogen-bond donors (Lipinski definition) is 0. The van der Waals surface area contributed by atoms with Crippen molar-refractivity contribution in [2.45, 2.75) is 43.8 Å². The molecule has 2 aliphatic carbocycles. The molecule has 0 aromatic rings. The zero-order chi connectivity index (χ0) is 8.93. The van der Waals surface area contributed by atoms with Gasteiger partial charge in [-0.05, 0) is 24.2 Å². The van der Waals surface area contributed by atoms with Gasteiger partial charge in [-0.2, -0.15) is 0 Å². The van der Waals surface area contributed by atoms with Gasteiger partial charge in [-0.1, -0.05) is 37.5 Å². The predicted molar refractivity (Wildman–Crippen MR) is 60.6 cm³/mol. The van der Waals surface area contributed by atoms with Crippen LogP contribution in [-0.4, -0.2) is 5.25 Å². The molecule has 2 aliphatic rings. The number of allylic oxidation sites excluding steroid dienone is 4. The molecule has 0 N–H and O–H groups in total. The molecule has 71 valence electrons. The van der Waals surface area contributed by atoms with Crippen LogP contribution in [0.15, 0.2) is 23.1 Å². The topological polar surface area (TPSA) is 0 Å². The standard InChI is InChI=1S/C12H17S/c1-3-7-11(8-4-1)13-12-9-5-2-6-10-12/h1,3,7-8,12H,2,4-6,9-10H2. The third-order valence-electron chi connectivity index (χ3n) is 2.71. The van der Waals surface area contributed by atoms with Crippen molar-refractivity contribution in [2.75, 3.05) is 0 Å². The van der Waals surface area contributed by atoms with E-state index in [0.717, 1.165) is 11.7 Å². The van der Waals surface area contributed by atoms with E-state index in [4.69, 9.17) is 0 Å². The third-order valence-corrected chi connectivity index (χ3v) is 4.09. The molecule has 0 amide bonds. The van der Waals surface area contributed by atoms with Crippen LogP contribution >= 0.6 is 11.8 Å². The molecular formula is C12H17S. The normalized spacial score (nSPS) is 24.5. The van der Waals surface area contributed by atoms with Gasteiger partial charge < -0.3 is 0 Å². The number of hydrogen-bond acceptors (Lipinski definition) is 1. The van der Waals surface area contributed by atoms with Crippen LogP contribution in [0.2, 0.25) is 0 Å². The van der Waals surface area contributed by atoms with E-state index < -0.39 is 0 Å². The Kier molecular flexibility index (Phi) is 3.54. The Morgan fingerprint density at radius 1 is 1.15 bits per heavy atom. The fourth-order valence-corrected chi connectivity index (χ4v) is 3.26. The first-order chi connectivity index (χ1) is 6.45. The molecule has 0 aliphatic heterocycles. The highest BCUT2D eigenvalue weighted by Crippen LogP contribution is 2.35. The van der Waals surface area contributed by atoms with Crippen molar-refractivity contribution in [1.29, 1.82) is 0 Å². The first-order valence-electron chi connectivity index (χ1n) is 5.32. The van der Waals surface area contributed by atoms with Gasteiger partial charge in [-0.3, -0.25) is 0 Å². The van der Waals surface area contributed by atoms with E-state index in [2.05, 4.69) is 36.4 Å². The van der Waals surface area contributed by atoms with Crippen LogP contribution in [0.5, 0.6) is 0 Å². The molecule has 13 heavy (non-hydrogen) atoms. The minimum absolute atomic E-state index is 0.905. The maximum absolute atomic E-state index is 2.35. The SMILES string of the molecule is [CH]1CC=CC=C1SC1CCCCC1. The first-order valence-corrected chi connectivity index (χ1v) is 6.20. The van der Waals surface area contributed by atoms with Gasteiger partial charge in [0.25, 0.3) is 0 Å². The smallest absolute Gasteiger partial charge is 0.00913 e. The summed E-state index contributed by atoms with van der Waals surface area (Å²) in [5.74, 6) is 0. The first kappa shape index (κ1) is 9.39. The maximum Gasteiger partial charge on any atom is 0.00913 e. The molecule has 1 radical (unpaired) electrons. The molecule has 1 heteroatoms. The number of rotatable bonds is 2. The lowest BCUT2D eigenvalue weighted by atomic mass is 10.0. The van der Waals surface area contributed by atoms with Crippen molar-refractivity contribution in [3.63, 3.8) is 0 Å². The fraction of sp³-hybridized carbons (Fsp3) is 0.583. The summed E-state index contributed by atoms with van der Waals surface area (Å²) in [5, 5.41) is 0.905. The molecule has 1 saturated carbocycles. The van der Waals surface area contributed by atoms with Gasteiger partial charge >= 0.3 is 0 Å². The molecule has 0 saturated heterocycles. The van der Waals surface area contributed by atoms with Crippen LogP contribution in [-0.2, 0) is 0 Å². The van der Waals surface area contributed by atoms with Crippen LogP contribution in [0.1, 0.15) is 38.5 Å². The largest absolute Gasteiger partial charge is 0.127 e. The van der Waals surface area contributed by atoms with Gasteiger partial charge in [-0.15, -0.1) is 11.8 Å². The molecule has 0 aromatic heterocycles. The Labute approximate surface area is 85.5 Å². The second-order valence-corrected chi connectivity index (χ2v) is 5.19. The summed E-state index contributed by atoms with van der Waals surface area (Å²) < 4.78 is 0. The highest BCUT2D eigenvalue weighted by atomic mass is 32.2. The minimum Gasteiger partial charge on any atom is -0.127 e. The molecular weight excluding hydrogens is 176 g/mol. The molecule has 0 atom stereocenters. The Bertz CT molecular complexity index is 209. The van der Waals surface area contributed by atoms with E-state index in [-0.39, 0.29) is 0 Å². The highest BCUT2D eigenvalue weighted by molar-refractivity contribution is 8.03. The zero-order valence-electron chi connectivity index (χ0n) is 8.04. The van der Waals surface area contributed by atoms with Crippen molar-refractivity contribution < 1.29 is 0 Å². The molecule has 0 nitrogen and oxygen atoms in total. The lowest BCUT2D eigenvalue weighted by molar-refractivity contribution is 0.516. The molecule has 1 fully saturated rings. The van der Waals surface area contributed by atoms with Crippen LogP contribution in [0.25, 0.3) is 0 Å². The Morgan fingerprint density at radius 2 is 2.00 bits per heavy atom. The Hall–Kier alpha value is -0.170. The van der Waals surface area contributed by atoms with Gasteiger partial charge in [0.1, 0.15) is 0 Å². The summed E-state index contributed by atoms with van der Waals surface area (Å²) in [5.41, 5.74) is 0. The van der Waals surface area contributed by atoms with Crippen LogP contribution in [0.4, 0.5) is 0 Å². The van der Waals surface area contributed by atoms with Gasteiger partial charge in [0.15, 0.2) is 0 Å². The van der Waals surface area contributed by atoms with Gasteiger partial charge in [0, 0.05) is 11.7 Å². The number of thioether (sulfide) groups is 1. The van der Waals surface area contributed by atoms with Crippen molar-refractivity contribution in [2.24, 2.45) is 0 Å². The summed E-state index contributed by atoms with van der Waals surface area (Å²) in [7, 11) is 0. The van der Waals surface area contributed by atoms with Crippen molar-refractivity contribution in [1.82, 2.24) is 0 Å². The maximum atomic E-state index is 2.35. The lowest BCUT2D eigenvalue weighted by Crippen LogP contribution is -2.08. The van der Waals surface area contributed by atoms with Gasteiger partial charge in [0.05, 0.1) is 0 Å². The summed E-state index contributed by atoms with van der Waals surface area (Å²) >= 11 is 2.10. The summed E-state index contributed by atoms with van der Waals surface area (Å²) in [6, 6.07) is 0. The van der Waals surface area contributed by atoms with Crippen molar-refractivity contribution >= 4 is 11.8 Å². The molecule has 0 unspecified atom stereocenters. The predicted octanol–water partition coefficient (Wildman–Crippen LogP) is 4.10. The molecule has 0 heterocycles. The second-order valence-electron chi connectivity index (χ2n) is 3.81. The average Bonchev–Trinajstić information content (AvgIpc) is 2.21. The van der Waals surface area contributed by atoms with E-state index in [0.29, 0.717) is 0 Å². The van der Waals surface area contributed by atoms with E-state index in [9.17, 15) is 0 Å². The zero-order valence-corrected chi connectivity index (χ0v) is 8.85. The lowest BCUT2D eigenvalue weighted by Gasteiger charge is -2.22. The quantitative estimate of drug-likeness (QED) is 0.636. The van der Waals surface area contributed by atoms with Crippen LogP contribution in [0, 0.1) is 6.42 Å². The molecule has 0 spiro atoms. The second kappa shape index (κ2) is 4.90. The Balaban J connectivity index is 1.82. The molecule has 2 rings (SSSR count). The van der Waals surface area contributed by atoms with Crippen molar-refractivity contribution in [3.8, 4) is 0 Å². The fourth-order valence-electron chi connectivity index (χ4n) is 1.96. The van der Waals surface area contributed by atoms with Crippen molar-refractivity contribution in [3.05, 3.63) is 29.6 Å². The van der Waals surface area contributed by atoms with E-state index in [1.165, 1.54) is 37.0 Å².